The van der Waals surface area contributed by atoms with Crippen LogP contribution in [0.15, 0.2) is 29.6 Å². The molecule has 0 bridgehead atoms. The van der Waals surface area contributed by atoms with Crippen molar-refractivity contribution in [2.75, 3.05) is 0 Å². The topological polar surface area (TPSA) is 88.5 Å². The summed E-state index contributed by atoms with van der Waals surface area (Å²) in [5.74, 6) is -0.815. The second-order valence-corrected chi connectivity index (χ2v) is 6.12. The van der Waals surface area contributed by atoms with Crippen LogP contribution < -0.4 is 10.1 Å². The summed E-state index contributed by atoms with van der Waals surface area (Å²) in [4.78, 5) is 26.9. The second-order valence-electron chi connectivity index (χ2n) is 5.26. The largest absolute Gasteiger partial charge is 0.491 e. The highest BCUT2D eigenvalue weighted by Crippen LogP contribution is 2.26. The molecule has 0 aliphatic carbocycles. The number of nitrogens with one attached hydrogen (secondary N) is 1. The van der Waals surface area contributed by atoms with E-state index in [1.807, 2.05) is 38.1 Å². The molecule has 2 N–H and O–H groups in total. The molecule has 23 heavy (non-hydrogen) atoms. The minimum Gasteiger partial charge on any atom is -0.491 e. The Morgan fingerprint density at radius 2 is 1.87 bits per heavy atom. The number of thiazole rings is 1. The molecule has 1 heterocycles. The molecule has 2 aromatic rings. The summed E-state index contributed by atoms with van der Waals surface area (Å²) in [6, 6.07) is 6.49. The first-order valence-corrected chi connectivity index (χ1v) is 8.01. The van der Waals surface area contributed by atoms with Crippen molar-refractivity contribution in [2.24, 2.45) is 0 Å². The van der Waals surface area contributed by atoms with Crippen LogP contribution in [0.1, 0.15) is 31.3 Å². The first-order valence-electron chi connectivity index (χ1n) is 7.13. The van der Waals surface area contributed by atoms with Gasteiger partial charge in [0.15, 0.2) is 0 Å². The fourth-order valence-corrected chi connectivity index (χ4v) is 2.60. The Labute approximate surface area is 138 Å². The van der Waals surface area contributed by atoms with E-state index in [9.17, 15) is 9.59 Å². The third kappa shape index (κ3) is 4.53. The third-order valence-corrected chi connectivity index (χ3v) is 3.82. The highest BCUT2D eigenvalue weighted by molar-refractivity contribution is 7.13. The molecule has 0 fully saturated rings. The highest BCUT2D eigenvalue weighted by Gasteiger charge is 2.17. The van der Waals surface area contributed by atoms with Gasteiger partial charge in [0.2, 0.25) is 0 Å². The predicted molar refractivity (Wildman–Crippen MR) is 87.9 cm³/mol. The van der Waals surface area contributed by atoms with Crippen molar-refractivity contribution in [1.29, 1.82) is 0 Å². The fraction of sp³-hybridized carbons (Fsp3) is 0.312. The molecule has 0 radical (unpaired) electrons. The summed E-state index contributed by atoms with van der Waals surface area (Å²) in [5, 5.41) is 13.5. The molecule has 0 unspecified atom stereocenters. The molecule has 122 valence electrons. The number of hydrogen-bond donors (Lipinski definition) is 2. The van der Waals surface area contributed by atoms with Crippen LogP contribution in [0.25, 0.3) is 10.6 Å². The number of carbonyl (C=O) groups excluding carboxylic acids is 1. The Hall–Kier alpha value is -2.41. The van der Waals surface area contributed by atoms with Crippen LogP contribution in [0, 0.1) is 0 Å². The Morgan fingerprint density at radius 1 is 1.22 bits per heavy atom. The number of amides is 1. The van der Waals surface area contributed by atoms with Crippen molar-refractivity contribution in [3.05, 3.63) is 35.3 Å². The van der Waals surface area contributed by atoms with E-state index in [0.717, 1.165) is 11.3 Å². The molecule has 6 nitrogen and oxygen atoms in total. The predicted octanol–water partition coefficient (Wildman–Crippen LogP) is 2.80. The molecular weight excluding hydrogens is 316 g/mol. The van der Waals surface area contributed by atoms with E-state index in [4.69, 9.17) is 9.84 Å². The summed E-state index contributed by atoms with van der Waals surface area (Å²) in [6.07, 6.45) is 0.104. The zero-order chi connectivity index (χ0) is 17.0. The van der Waals surface area contributed by atoms with Gasteiger partial charge in [-0.1, -0.05) is 0 Å². The maximum Gasteiger partial charge on any atom is 0.325 e. The number of ether oxygens (including phenoxy) is 1. The van der Waals surface area contributed by atoms with Gasteiger partial charge in [0.25, 0.3) is 5.91 Å². The highest BCUT2D eigenvalue weighted by atomic mass is 32.1. The average Bonchev–Trinajstić information content (AvgIpc) is 2.97. The summed E-state index contributed by atoms with van der Waals surface area (Å²) in [7, 11) is 0. The van der Waals surface area contributed by atoms with E-state index in [1.165, 1.54) is 18.3 Å². The lowest BCUT2D eigenvalue weighted by atomic mass is 10.2. The van der Waals surface area contributed by atoms with Crippen molar-refractivity contribution in [1.82, 2.24) is 10.3 Å². The number of hydrogen-bond acceptors (Lipinski definition) is 5. The van der Waals surface area contributed by atoms with Crippen molar-refractivity contribution in [3.8, 4) is 16.3 Å². The van der Waals surface area contributed by atoms with Gasteiger partial charge in [0.1, 0.15) is 22.5 Å². The van der Waals surface area contributed by atoms with Gasteiger partial charge in [-0.2, -0.15) is 0 Å². The third-order valence-electron chi connectivity index (χ3n) is 2.93. The smallest absolute Gasteiger partial charge is 0.325 e. The lowest BCUT2D eigenvalue weighted by molar-refractivity contribution is -0.138. The SMILES string of the molecule is CC(C)Oc1ccc(-c2nc(C(=O)N[C@@H](C)C(=O)O)cs2)cc1. The Bertz CT molecular complexity index is 694. The second kappa shape index (κ2) is 7.23. The maximum absolute atomic E-state index is 11.9. The minimum absolute atomic E-state index is 0.104. The Kier molecular flexibility index (Phi) is 5.33. The number of benzene rings is 1. The molecular formula is C16H18N2O4S. The quantitative estimate of drug-likeness (QED) is 0.848. The van der Waals surface area contributed by atoms with Crippen LogP contribution in [-0.4, -0.2) is 34.1 Å². The molecule has 0 saturated carbocycles. The molecule has 0 saturated heterocycles. The zero-order valence-electron chi connectivity index (χ0n) is 13.1. The van der Waals surface area contributed by atoms with Crippen molar-refractivity contribution in [2.45, 2.75) is 32.9 Å². The van der Waals surface area contributed by atoms with Crippen molar-refractivity contribution < 1.29 is 19.4 Å². The monoisotopic (exact) mass is 334 g/mol. The lowest BCUT2D eigenvalue weighted by Gasteiger charge is -2.09. The summed E-state index contributed by atoms with van der Waals surface area (Å²) < 4.78 is 5.58. The van der Waals surface area contributed by atoms with Gasteiger partial charge in [-0.25, -0.2) is 4.98 Å². The minimum atomic E-state index is -1.09. The van der Waals surface area contributed by atoms with E-state index in [0.29, 0.717) is 5.01 Å². The van der Waals surface area contributed by atoms with E-state index in [-0.39, 0.29) is 11.8 Å². The fourth-order valence-electron chi connectivity index (χ4n) is 1.79. The van der Waals surface area contributed by atoms with E-state index in [2.05, 4.69) is 10.3 Å². The molecule has 7 heteroatoms. The van der Waals surface area contributed by atoms with Gasteiger partial charge in [-0.05, 0) is 45.0 Å². The number of carboxylic acids is 1. The van der Waals surface area contributed by atoms with E-state index in [1.54, 1.807) is 5.38 Å². The van der Waals surface area contributed by atoms with Gasteiger partial charge >= 0.3 is 5.97 Å². The Balaban J connectivity index is 2.09. The molecule has 2 rings (SSSR count). The van der Waals surface area contributed by atoms with Crippen molar-refractivity contribution >= 4 is 23.2 Å². The average molecular weight is 334 g/mol. The van der Waals surface area contributed by atoms with Crippen LogP contribution >= 0.6 is 11.3 Å². The van der Waals surface area contributed by atoms with Crippen LogP contribution in [0.4, 0.5) is 0 Å². The van der Waals surface area contributed by atoms with Gasteiger partial charge < -0.3 is 15.2 Å². The van der Waals surface area contributed by atoms with Gasteiger partial charge in [0.05, 0.1) is 6.10 Å². The van der Waals surface area contributed by atoms with Crippen LogP contribution in [0.3, 0.4) is 0 Å². The molecule has 1 amide bonds. The number of nitrogens with zero attached hydrogens (tertiary/aromatic N) is 1. The molecule has 1 aromatic heterocycles. The first-order chi connectivity index (χ1) is 10.9. The number of aromatic nitrogens is 1. The Morgan fingerprint density at radius 3 is 2.43 bits per heavy atom. The van der Waals surface area contributed by atoms with E-state index >= 15 is 0 Å². The van der Waals surface area contributed by atoms with Gasteiger partial charge in [-0.15, -0.1) is 11.3 Å². The molecule has 0 aliphatic rings. The van der Waals surface area contributed by atoms with Crippen LogP contribution in [-0.2, 0) is 4.79 Å². The molecule has 0 aliphatic heterocycles. The van der Waals surface area contributed by atoms with Crippen molar-refractivity contribution in [3.63, 3.8) is 0 Å². The lowest BCUT2D eigenvalue weighted by Crippen LogP contribution is -2.38. The van der Waals surface area contributed by atoms with Gasteiger partial charge in [-0.3, -0.25) is 9.59 Å². The summed E-state index contributed by atoms with van der Waals surface area (Å²) in [6.45, 7) is 5.32. The number of carbonyl (C=O) groups is 2. The maximum atomic E-state index is 11.9. The molecule has 1 aromatic carbocycles. The summed E-state index contributed by atoms with van der Waals surface area (Å²) in [5.41, 5.74) is 1.08. The normalized spacial score (nSPS) is 12.0. The van der Waals surface area contributed by atoms with Crippen LogP contribution in [0.2, 0.25) is 0 Å². The number of aliphatic carboxylic acids is 1. The van der Waals surface area contributed by atoms with Crippen LogP contribution in [0.5, 0.6) is 5.75 Å². The molecule has 0 spiro atoms. The molecule has 1 atom stereocenters. The first kappa shape index (κ1) is 17.0. The number of rotatable bonds is 6. The number of carboxylic acid groups (broad SMARTS) is 1. The van der Waals surface area contributed by atoms with E-state index < -0.39 is 17.9 Å². The standard InChI is InChI=1S/C16H18N2O4S/c1-9(2)22-12-6-4-11(5-7-12)15-18-13(8-23-15)14(19)17-10(3)16(20)21/h4-10H,1-3H3,(H,17,19)(H,20,21)/t10-/m0/s1. The van der Waals surface area contributed by atoms with Gasteiger partial charge in [0, 0.05) is 10.9 Å². The summed E-state index contributed by atoms with van der Waals surface area (Å²) >= 11 is 1.33. The zero-order valence-corrected chi connectivity index (χ0v) is 13.9.